The van der Waals surface area contributed by atoms with Gasteiger partial charge in [0, 0.05) is 11.3 Å². The van der Waals surface area contributed by atoms with Gasteiger partial charge in [-0.05, 0) is 17.7 Å². The standard InChI is InChI=1S/C11H11NO5/c13-4-3-9(6-12(14)15)8-1-2-10-11(5-8)17-7-16-10/h1-2,4-5,9H,3,6-7H2. The fourth-order valence-corrected chi connectivity index (χ4v) is 1.78. The lowest BCUT2D eigenvalue weighted by atomic mass is 9.96. The monoisotopic (exact) mass is 237 g/mol. The second-order valence-electron chi connectivity index (χ2n) is 3.73. The van der Waals surface area contributed by atoms with Gasteiger partial charge in [-0.3, -0.25) is 10.1 Å². The van der Waals surface area contributed by atoms with Crippen molar-refractivity contribution in [2.24, 2.45) is 0 Å². The minimum absolute atomic E-state index is 0.126. The van der Waals surface area contributed by atoms with Gasteiger partial charge in [0.25, 0.3) is 0 Å². The number of hydrogen-bond acceptors (Lipinski definition) is 5. The van der Waals surface area contributed by atoms with Gasteiger partial charge < -0.3 is 14.3 Å². The van der Waals surface area contributed by atoms with E-state index in [1.807, 2.05) is 0 Å². The summed E-state index contributed by atoms with van der Waals surface area (Å²) < 4.78 is 10.3. The zero-order valence-electron chi connectivity index (χ0n) is 9.00. The van der Waals surface area contributed by atoms with Crippen LogP contribution in [0.3, 0.4) is 0 Å². The number of fused-ring (bicyclic) bond motifs is 1. The molecular formula is C11H11NO5. The van der Waals surface area contributed by atoms with Crippen molar-refractivity contribution in [2.75, 3.05) is 13.3 Å². The highest BCUT2D eigenvalue weighted by Gasteiger charge is 2.21. The fraction of sp³-hybridized carbons (Fsp3) is 0.364. The van der Waals surface area contributed by atoms with Gasteiger partial charge in [0.15, 0.2) is 11.5 Å². The lowest BCUT2D eigenvalue weighted by Gasteiger charge is -2.10. The summed E-state index contributed by atoms with van der Waals surface area (Å²) in [5.41, 5.74) is 0.720. The number of rotatable bonds is 5. The second kappa shape index (κ2) is 4.82. The Morgan fingerprint density at radius 1 is 1.41 bits per heavy atom. The molecule has 0 spiro atoms. The van der Waals surface area contributed by atoms with Crippen molar-refractivity contribution in [3.05, 3.63) is 33.9 Å². The number of hydrogen-bond donors (Lipinski definition) is 0. The van der Waals surface area contributed by atoms with E-state index in [4.69, 9.17) is 9.47 Å². The number of ether oxygens (including phenoxy) is 2. The number of nitrogens with zero attached hydrogens (tertiary/aromatic N) is 1. The maximum atomic E-state index is 10.5. The molecule has 1 heterocycles. The van der Waals surface area contributed by atoms with E-state index in [0.29, 0.717) is 17.8 Å². The molecule has 0 N–H and O–H groups in total. The van der Waals surface area contributed by atoms with Crippen LogP contribution in [0.5, 0.6) is 11.5 Å². The first-order valence-electron chi connectivity index (χ1n) is 5.15. The van der Waals surface area contributed by atoms with Gasteiger partial charge in [-0.1, -0.05) is 6.07 Å². The van der Waals surface area contributed by atoms with Crippen LogP contribution in [-0.2, 0) is 4.79 Å². The van der Waals surface area contributed by atoms with Crippen molar-refractivity contribution in [3.63, 3.8) is 0 Å². The van der Waals surface area contributed by atoms with Crippen LogP contribution < -0.4 is 9.47 Å². The minimum atomic E-state index is -0.419. The maximum Gasteiger partial charge on any atom is 0.231 e. The quantitative estimate of drug-likeness (QED) is 0.439. The summed E-state index contributed by atoms with van der Waals surface area (Å²) >= 11 is 0. The van der Waals surface area contributed by atoms with Gasteiger partial charge >= 0.3 is 0 Å². The first-order valence-corrected chi connectivity index (χ1v) is 5.15. The Bertz CT molecular complexity index is 445. The first-order chi connectivity index (χ1) is 8.20. The summed E-state index contributed by atoms with van der Waals surface area (Å²) in [6.45, 7) is -0.106. The Morgan fingerprint density at radius 2 is 2.18 bits per heavy atom. The van der Waals surface area contributed by atoms with Crippen LogP contribution >= 0.6 is 0 Å². The van der Waals surface area contributed by atoms with Crippen LogP contribution in [0.1, 0.15) is 17.9 Å². The molecule has 1 aromatic rings. The molecule has 17 heavy (non-hydrogen) atoms. The summed E-state index contributed by atoms with van der Waals surface area (Å²) in [7, 11) is 0. The average molecular weight is 237 g/mol. The van der Waals surface area contributed by atoms with E-state index in [1.54, 1.807) is 18.2 Å². The molecular weight excluding hydrogens is 226 g/mol. The molecule has 6 nitrogen and oxygen atoms in total. The molecule has 90 valence electrons. The van der Waals surface area contributed by atoms with Crippen LogP contribution in [0.25, 0.3) is 0 Å². The van der Waals surface area contributed by atoms with E-state index in [-0.39, 0.29) is 19.8 Å². The minimum Gasteiger partial charge on any atom is -0.454 e. The van der Waals surface area contributed by atoms with E-state index < -0.39 is 10.8 Å². The molecule has 6 heteroatoms. The summed E-state index contributed by atoms with van der Waals surface area (Å²) in [5.74, 6) is 0.776. The molecule has 1 aliphatic heterocycles. The van der Waals surface area contributed by atoms with Crippen LogP contribution in [0.2, 0.25) is 0 Å². The summed E-state index contributed by atoms with van der Waals surface area (Å²) in [6.07, 6.45) is 0.819. The smallest absolute Gasteiger partial charge is 0.231 e. The van der Waals surface area contributed by atoms with Gasteiger partial charge in [0.2, 0.25) is 13.3 Å². The summed E-state index contributed by atoms with van der Waals surface area (Å²) in [4.78, 5) is 20.6. The third kappa shape index (κ3) is 2.52. The van der Waals surface area contributed by atoms with E-state index in [0.717, 1.165) is 5.56 Å². The predicted molar refractivity (Wildman–Crippen MR) is 57.8 cm³/mol. The highest BCUT2D eigenvalue weighted by Crippen LogP contribution is 2.35. The molecule has 0 aliphatic carbocycles. The third-order valence-corrected chi connectivity index (χ3v) is 2.62. The van der Waals surface area contributed by atoms with Crippen LogP contribution in [0.15, 0.2) is 18.2 Å². The number of benzene rings is 1. The Hall–Kier alpha value is -2.11. The third-order valence-electron chi connectivity index (χ3n) is 2.62. The van der Waals surface area contributed by atoms with Crippen LogP contribution in [0, 0.1) is 10.1 Å². The molecule has 0 radical (unpaired) electrons. The van der Waals surface area contributed by atoms with Gasteiger partial charge in [0.1, 0.15) is 6.29 Å². The molecule has 0 amide bonds. The molecule has 0 bridgehead atoms. The largest absolute Gasteiger partial charge is 0.454 e. The van der Waals surface area contributed by atoms with Gasteiger partial charge in [-0.15, -0.1) is 0 Å². The number of aldehydes is 1. The highest BCUT2D eigenvalue weighted by molar-refractivity contribution is 5.53. The Morgan fingerprint density at radius 3 is 2.88 bits per heavy atom. The lowest BCUT2D eigenvalue weighted by Crippen LogP contribution is -2.13. The number of carbonyl (C=O) groups is 1. The van der Waals surface area contributed by atoms with Crippen molar-refractivity contribution in [2.45, 2.75) is 12.3 Å². The molecule has 0 fully saturated rings. The first kappa shape index (κ1) is 11.4. The van der Waals surface area contributed by atoms with Crippen molar-refractivity contribution < 1.29 is 19.2 Å². The second-order valence-corrected chi connectivity index (χ2v) is 3.73. The maximum absolute atomic E-state index is 10.5. The molecule has 1 aliphatic rings. The van der Waals surface area contributed by atoms with Crippen molar-refractivity contribution >= 4 is 6.29 Å². The average Bonchev–Trinajstić information content (AvgIpc) is 2.74. The molecule has 0 saturated carbocycles. The number of carbonyl (C=O) groups excluding carboxylic acids is 1. The normalized spacial score (nSPS) is 14.4. The Balaban J connectivity index is 2.23. The number of nitro groups is 1. The van der Waals surface area contributed by atoms with E-state index in [2.05, 4.69) is 0 Å². The van der Waals surface area contributed by atoms with Crippen LogP contribution in [-0.4, -0.2) is 24.5 Å². The topological polar surface area (TPSA) is 78.7 Å². The van der Waals surface area contributed by atoms with Crippen molar-refractivity contribution in [1.29, 1.82) is 0 Å². The molecule has 2 rings (SSSR count). The SMILES string of the molecule is O=CCC(C[N+](=O)[O-])c1ccc2c(c1)OCO2. The molecule has 1 atom stereocenters. The van der Waals surface area contributed by atoms with Gasteiger partial charge in [-0.2, -0.15) is 0 Å². The van der Waals surface area contributed by atoms with Crippen molar-refractivity contribution in [1.82, 2.24) is 0 Å². The van der Waals surface area contributed by atoms with E-state index in [9.17, 15) is 14.9 Å². The summed E-state index contributed by atoms with van der Waals surface area (Å²) in [5, 5.41) is 10.5. The zero-order valence-corrected chi connectivity index (χ0v) is 9.00. The molecule has 0 saturated heterocycles. The predicted octanol–water partition coefficient (Wildman–Crippen LogP) is 1.36. The van der Waals surface area contributed by atoms with Crippen molar-refractivity contribution in [3.8, 4) is 11.5 Å². The lowest BCUT2D eigenvalue weighted by molar-refractivity contribution is -0.483. The summed E-state index contributed by atoms with van der Waals surface area (Å²) in [6, 6.07) is 5.13. The highest BCUT2D eigenvalue weighted by atomic mass is 16.7. The van der Waals surface area contributed by atoms with Gasteiger partial charge in [-0.25, -0.2) is 0 Å². The van der Waals surface area contributed by atoms with Crippen LogP contribution in [0.4, 0.5) is 0 Å². The zero-order chi connectivity index (χ0) is 12.3. The van der Waals surface area contributed by atoms with E-state index in [1.165, 1.54) is 0 Å². The van der Waals surface area contributed by atoms with E-state index >= 15 is 0 Å². The molecule has 1 unspecified atom stereocenters. The van der Waals surface area contributed by atoms with Gasteiger partial charge in [0.05, 0.1) is 5.92 Å². The Labute approximate surface area is 97.3 Å². The Kier molecular flexibility index (Phi) is 3.22. The molecule has 0 aromatic heterocycles. The molecule has 1 aromatic carbocycles. The fourth-order valence-electron chi connectivity index (χ4n) is 1.78.